The molecular weight excluding hydrogens is 696 g/mol. The Hall–Kier alpha value is -4.84. The molecule has 1 saturated heterocycles. The molecule has 0 aliphatic carbocycles. The van der Waals surface area contributed by atoms with Crippen molar-refractivity contribution in [3.05, 3.63) is 107 Å². The van der Waals surface area contributed by atoms with Gasteiger partial charge in [-0.1, -0.05) is 35.9 Å². The topological polar surface area (TPSA) is 109 Å². The van der Waals surface area contributed by atoms with Crippen LogP contribution in [0.5, 0.6) is 17.2 Å². The number of benzene rings is 3. The van der Waals surface area contributed by atoms with Crippen molar-refractivity contribution in [2.45, 2.75) is 38.3 Å². The molecule has 3 heterocycles. The van der Waals surface area contributed by atoms with E-state index in [9.17, 15) is 9.59 Å². The van der Waals surface area contributed by atoms with Crippen molar-refractivity contribution < 1.29 is 33.0 Å². The number of likely N-dealkylation sites (N-methyl/N-ethyl adjacent to an activating group) is 1. The lowest BCUT2D eigenvalue weighted by molar-refractivity contribution is 0.0778. The van der Waals surface area contributed by atoms with E-state index in [0.717, 1.165) is 61.3 Å². The van der Waals surface area contributed by atoms with Gasteiger partial charge in [-0.05, 0) is 93.0 Å². The highest BCUT2D eigenvalue weighted by molar-refractivity contribution is 6.30. The van der Waals surface area contributed by atoms with E-state index in [1.54, 1.807) is 30.3 Å². The summed E-state index contributed by atoms with van der Waals surface area (Å²) in [5.41, 5.74) is 3.24. The van der Waals surface area contributed by atoms with Crippen molar-refractivity contribution in [1.82, 2.24) is 19.4 Å². The van der Waals surface area contributed by atoms with Crippen LogP contribution in [0.3, 0.4) is 0 Å². The van der Waals surface area contributed by atoms with Gasteiger partial charge in [-0.25, -0.2) is 4.98 Å². The second-order valence-corrected chi connectivity index (χ2v) is 13.8. The Labute approximate surface area is 315 Å². The van der Waals surface area contributed by atoms with E-state index in [-0.39, 0.29) is 23.5 Å². The Kier molecular flexibility index (Phi) is 12.7. The minimum atomic E-state index is -0.161. The lowest BCUT2D eigenvalue weighted by Gasteiger charge is -2.33. The normalized spacial score (nSPS) is 14.3. The van der Waals surface area contributed by atoms with Crippen molar-refractivity contribution in [3.63, 3.8) is 0 Å². The average Bonchev–Trinajstić information content (AvgIpc) is 3.85. The Morgan fingerprint density at radius 3 is 2.38 bits per heavy atom. The van der Waals surface area contributed by atoms with Gasteiger partial charge in [-0.2, -0.15) is 0 Å². The molecule has 0 bridgehead atoms. The summed E-state index contributed by atoms with van der Waals surface area (Å²) in [6.07, 6.45) is 3.93. The van der Waals surface area contributed by atoms with Crippen molar-refractivity contribution in [2.75, 3.05) is 61.2 Å². The number of Topliss-reactive ketones (excluding diaryl/α,β-unsaturated/α-hetero) is 1. The third-order valence-corrected chi connectivity index (χ3v) is 10.2. The summed E-state index contributed by atoms with van der Waals surface area (Å²) in [4.78, 5) is 36.6. The van der Waals surface area contributed by atoms with Crippen molar-refractivity contribution >= 4 is 34.3 Å². The first-order valence-corrected chi connectivity index (χ1v) is 18.3. The first-order valence-electron chi connectivity index (χ1n) is 17.9. The van der Waals surface area contributed by atoms with E-state index in [4.69, 9.17) is 39.9 Å². The molecule has 53 heavy (non-hydrogen) atoms. The van der Waals surface area contributed by atoms with Crippen LogP contribution < -0.4 is 14.2 Å². The van der Waals surface area contributed by atoms with Crippen LogP contribution in [-0.4, -0.2) is 92.2 Å². The molecule has 5 aromatic rings. The Morgan fingerprint density at radius 2 is 1.70 bits per heavy atom. The van der Waals surface area contributed by atoms with Crippen LogP contribution in [0.4, 0.5) is 0 Å². The fraction of sp³-hybridized carbons (Fsp3) is 0.390. The minimum Gasteiger partial charge on any atom is -0.493 e. The molecular formula is C41H47ClN4O7. The summed E-state index contributed by atoms with van der Waals surface area (Å²) in [6, 6.07) is 22.8. The zero-order chi connectivity index (χ0) is 37.3. The first-order chi connectivity index (χ1) is 25.8. The van der Waals surface area contributed by atoms with Crippen molar-refractivity contribution in [1.29, 1.82) is 0 Å². The maximum absolute atomic E-state index is 14.0. The summed E-state index contributed by atoms with van der Waals surface area (Å²) < 4.78 is 29.7. The number of furan rings is 1. The lowest BCUT2D eigenvalue weighted by Crippen LogP contribution is -2.39. The summed E-state index contributed by atoms with van der Waals surface area (Å²) in [5.74, 6) is 2.36. The molecule has 280 valence electrons. The highest BCUT2D eigenvalue weighted by atomic mass is 35.5. The maximum atomic E-state index is 14.0. The van der Waals surface area contributed by atoms with Gasteiger partial charge in [0, 0.05) is 42.6 Å². The molecule has 1 fully saturated rings. The number of likely N-dealkylation sites (tertiary alicyclic amines) is 1. The van der Waals surface area contributed by atoms with Crippen molar-refractivity contribution in [2.24, 2.45) is 5.92 Å². The molecule has 1 atom stereocenters. The predicted octanol–water partition coefficient (Wildman–Crippen LogP) is 7.37. The molecule has 0 saturated carbocycles. The lowest BCUT2D eigenvalue weighted by atomic mass is 9.90. The monoisotopic (exact) mass is 742 g/mol. The fourth-order valence-corrected chi connectivity index (χ4v) is 7.31. The van der Waals surface area contributed by atoms with Crippen molar-refractivity contribution in [3.8, 4) is 17.2 Å². The molecule has 11 nitrogen and oxygen atoms in total. The third-order valence-electron chi connectivity index (χ3n) is 9.98. The molecule has 0 N–H and O–H groups in total. The Bertz CT molecular complexity index is 1960. The quantitative estimate of drug-likeness (QED) is 0.0713. The highest BCUT2D eigenvalue weighted by Gasteiger charge is 2.30. The van der Waals surface area contributed by atoms with Gasteiger partial charge in [0.15, 0.2) is 17.3 Å². The van der Waals surface area contributed by atoms with Gasteiger partial charge in [-0.15, -0.1) is 0 Å². The smallest absolute Gasteiger partial charge is 0.253 e. The van der Waals surface area contributed by atoms with Gasteiger partial charge in [0.25, 0.3) is 5.91 Å². The van der Waals surface area contributed by atoms with Gasteiger partial charge < -0.3 is 37.7 Å². The number of piperidine rings is 1. The van der Waals surface area contributed by atoms with Crippen LogP contribution in [0.25, 0.3) is 11.0 Å². The molecule has 0 radical (unpaired) electrons. The number of fused-ring (bicyclic) bond motifs is 1. The number of carbonyl (C=O) groups is 2. The molecule has 2 aromatic heterocycles. The number of carbonyl (C=O) groups excluding carboxylic acids is 2. The molecule has 0 spiro atoms. The van der Waals surface area contributed by atoms with E-state index in [1.807, 2.05) is 59.2 Å². The standard InChI is InChI=1S/C41H47ClN4O7/c1-44(41(48)31-24-36(49-2)39(51-4)37(25-31)50-3)26-30(29-9-7-10-32(42)23-29)16-19-45-17-14-28(15-18-45)38(47)40-43-34-12-5-6-13-35(34)46(40)20-22-52-27-33-11-8-21-53-33/h5-13,21,23-25,28,30H,14-20,22,26-27H2,1-4H3. The zero-order valence-electron chi connectivity index (χ0n) is 30.8. The predicted molar refractivity (Wildman–Crippen MR) is 203 cm³/mol. The van der Waals surface area contributed by atoms with Gasteiger partial charge in [-0.3, -0.25) is 9.59 Å². The van der Waals surface area contributed by atoms with E-state index >= 15 is 0 Å². The third kappa shape index (κ3) is 9.04. The van der Waals surface area contributed by atoms with E-state index < -0.39 is 0 Å². The number of nitrogens with zero attached hydrogens (tertiary/aromatic N) is 4. The van der Waals surface area contributed by atoms with Crippen LogP contribution >= 0.6 is 11.6 Å². The molecule has 1 aliphatic heterocycles. The summed E-state index contributed by atoms with van der Waals surface area (Å²) in [5, 5.41) is 0.653. The number of rotatable bonds is 17. The SMILES string of the molecule is COc1cc(C(=O)N(C)CC(CCN2CCC(C(=O)c3nc4ccccc4n3CCOCc3ccco3)CC2)c2cccc(Cl)c2)cc(OC)c1OC. The minimum absolute atomic E-state index is 0.0268. The Balaban J connectivity index is 1.09. The van der Waals surface area contributed by atoms with E-state index in [0.29, 0.717) is 60.0 Å². The summed E-state index contributed by atoms with van der Waals surface area (Å²) in [6.45, 7) is 4.21. The van der Waals surface area contributed by atoms with Gasteiger partial charge in [0.2, 0.25) is 11.5 Å². The number of imidazole rings is 1. The summed E-state index contributed by atoms with van der Waals surface area (Å²) >= 11 is 6.44. The number of ketones is 1. The molecule has 3 aromatic carbocycles. The van der Waals surface area contributed by atoms with Gasteiger partial charge >= 0.3 is 0 Å². The fourth-order valence-electron chi connectivity index (χ4n) is 7.12. The summed E-state index contributed by atoms with van der Waals surface area (Å²) in [7, 11) is 6.40. The van der Waals surface area contributed by atoms with E-state index in [2.05, 4.69) is 11.0 Å². The highest BCUT2D eigenvalue weighted by Crippen LogP contribution is 2.38. The number of methoxy groups -OCH3 is 3. The van der Waals surface area contributed by atoms with Crippen LogP contribution in [0.2, 0.25) is 5.02 Å². The number of ether oxygens (including phenoxy) is 4. The molecule has 6 rings (SSSR count). The van der Waals surface area contributed by atoms with Gasteiger partial charge in [0.1, 0.15) is 12.4 Å². The molecule has 1 aliphatic rings. The number of halogens is 1. The zero-order valence-corrected chi connectivity index (χ0v) is 31.5. The van der Waals surface area contributed by atoms with Crippen LogP contribution in [0, 0.1) is 5.92 Å². The van der Waals surface area contributed by atoms with Crippen LogP contribution in [-0.2, 0) is 17.9 Å². The average molecular weight is 743 g/mol. The van der Waals surface area contributed by atoms with Gasteiger partial charge in [0.05, 0.1) is 45.2 Å². The number of hydrogen-bond acceptors (Lipinski definition) is 9. The largest absolute Gasteiger partial charge is 0.493 e. The molecule has 12 heteroatoms. The number of hydrogen-bond donors (Lipinski definition) is 0. The molecule has 1 amide bonds. The second kappa shape index (κ2) is 17.8. The number of amides is 1. The van der Waals surface area contributed by atoms with Crippen LogP contribution in [0.15, 0.2) is 83.5 Å². The molecule has 1 unspecified atom stereocenters. The van der Waals surface area contributed by atoms with E-state index in [1.165, 1.54) is 21.3 Å². The Morgan fingerprint density at radius 1 is 0.943 bits per heavy atom. The van der Waals surface area contributed by atoms with Crippen LogP contribution in [0.1, 0.15) is 57.5 Å². The number of para-hydroxylation sites is 2. The second-order valence-electron chi connectivity index (χ2n) is 13.3. The number of aromatic nitrogens is 2. The maximum Gasteiger partial charge on any atom is 0.253 e. The first kappa shape index (κ1) is 37.9.